The number of hydrogen-bond acceptors (Lipinski definition) is 5. The van der Waals surface area contributed by atoms with Crippen molar-refractivity contribution in [2.75, 3.05) is 29.9 Å². The minimum absolute atomic E-state index is 0.0257. The largest absolute Gasteiger partial charge is 0.459 e. The topological polar surface area (TPSA) is 69.0 Å². The average Bonchev–Trinajstić information content (AvgIpc) is 3.31. The van der Waals surface area contributed by atoms with Crippen molar-refractivity contribution in [1.82, 2.24) is 10.4 Å². The summed E-state index contributed by atoms with van der Waals surface area (Å²) in [5.74, 6) is 0.395. The second kappa shape index (κ2) is 7.07. The van der Waals surface area contributed by atoms with Crippen LogP contribution in [0.25, 0.3) is 0 Å². The second-order valence-corrected chi connectivity index (χ2v) is 7.70. The zero-order chi connectivity index (χ0) is 20.0. The summed E-state index contributed by atoms with van der Waals surface area (Å²) < 4.78 is 5.35. The number of hydrazine groups is 1. The fraction of sp³-hybridized carbons (Fsp3) is 0.429. The second-order valence-electron chi connectivity index (χ2n) is 7.70. The Balaban J connectivity index is 1.79. The van der Waals surface area contributed by atoms with E-state index in [1.54, 1.807) is 28.9 Å². The monoisotopic (exact) mass is 382 g/mol. The van der Waals surface area contributed by atoms with E-state index in [1.807, 2.05) is 20.0 Å². The first kappa shape index (κ1) is 18.7. The van der Waals surface area contributed by atoms with E-state index in [9.17, 15) is 9.59 Å². The fourth-order valence-electron chi connectivity index (χ4n) is 4.30. The summed E-state index contributed by atoms with van der Waals surface area (Å²) in [6, 6.07) is 9.69. The fourth-order valence-corrected chi connectivity index (χ4v) is 4.30. The van der Waals surface area contributed by atoms with Gasteiger partial charge in [0.05, 0.1) is 23.7 Å². The van der Waals surface area contributed by atoms with E-state index in [0.29, 0.717) is 24.3 Å². The zero-order valence-electron chi connectivity index (χ0n) is 16.7. The number of likely N-dealkylation sites (N-methyl/N-ethyl adjacent to an activating group) is 1. The van der Waals surface area contributed by atoms with Crippen LogP contribution in [0.2, 0.25) is 0 Å². The summed E-state index contributed by atoms with van der Waals surface area (Å²) in [6.45, 7) is 6.97. The molecule has 148 valence electrons. The summed E-state index contributed by atoms with van der Waals surface area (Å²) >= 11 is 0. The first-order chi connectivity index (χ1) is 13.4. The standard InChI is InChI=1S/C21H26N4O3/c1-13-12-24(21(27)20-6-5-9-28-20)19-10-16(17-11-22-23(4)14(17)2)7-8-18(19)25(13)15(3)26/h5-10,13-14,17,22H,11-12H2,1-4H3/t13-,14?,17?/m0/s1. The van der Waals surface area contributed by atoms with Gasteiger partial charge in [0, 0.05) is 39.0 Å². The molecule has 2 amide bonds. The third-order valence-electron chi connectivity index (χ3n) is 5.94. The molecule has 1 fully saturated rings. The Morgan fingerprint density at radius 1 is 1.18 bits per heavy atom. The van der Waals surface area contributed by atoms with Crippen LogP contribution in [0.1, 0.15) is 42.8 Å². The van der Waals surface area contributed by atoms with Crippen molar-refractivity contribution in [3.8, 4) is 0 Å². The van der Waals surface area contributed by atoms with Gasteiger partial charge in [0.1, 0.15) is 0 Å². The Labute approximate surface area is 164 Å². The van der Waals surface area contributed by atoms with Gasteiger partial charge < -0.3 is 14.2 Å². The van der Waals surface area contributed by atoms with Crippen LogP contribution in [0, 0.1) is 0 Å². The summed E-state index contributed by atoms with van der Waals surface area (Å²) in [7, 11) is 2.04. The zero-order valence-corrected chi connectivity index (χ0v) is 16.7. The lowest BCUT2D eigenvalue weighted by Crippen LogP contribution is -2.51. The molecule has 0 aliphatic carbocycles. The van der Waals surface area contributed by atoms with Gasteiger partial charge in [0.2, 0.25) is 5.91 Å². The minimum atomic E-state index is -0.187. The van der Waals surface area contributed by atoms with Crippen LogP contribution in [0.5, 0.6) is 0 Å². The molecule has 3 atom stereocenters. The number of nitrogens with zero attached hydrogens (tertiary/aromatic N) is 3. The highest BCUT2D eigenvalue weighted by Crippen LogP contribution is 2.40. The van der Waals surface area contributed by atoms with Crippen molar-refractivity contribution < 1.29 is 14.0 Å². The Morgan fingerprint density at radius 2 is 1.96 bits per heavy atom. The quantitative estimate of drug-likeness (QED) is 0.865. The first-order valence-electron chi connectivity index (χ1n) is 9.64. The number of fused-ring (bicyclic) bond motifs is 1. The SMILES string of the molecule is CC(=O)N1c2ccc(C3CNN(C)C3C)cc2N(C(=O)c2ccco2)C[C@@H]1C. The lowest BCUT2D eigenvalue weighted by molar-refractivity contribution is -0.117. The maximum absolute atomic E-state index is 13.1. The van der Waals surface area contributed by atoms with Gasteiger partial charge in [0.25, 0.3) is 5.91 Å². The van der Waals surface area contributed by atoms with E-state index in [2.05, 4.69) is 29.5 Å². The third kappa shape index (κ3) is 3.00. The van der Waals surface area contributed by atoms with Gasteiger partial charge in [-0.15, -0.1) is 0 Å². The van der Waals surface area contributed by atoms with Gasteiger partial charge in [-0.2, -0.15) is 0 Å². The molecule has 2 unspecified atom stereocenters. The van der Waals surface area contributed by atoms with Gasteiger partial charge in [-0.1, -0.05) is 6.07 Å². The lowest BCUT2D eigenvalue weighted by Gasteiger charge is -2.41. The molecule has 0 spiro atoms. The smallest absolute Gasteiger partial charge is 0.294 e. The number of carbonyl (C=O) groups is 2. The molecule has 4 rings (SSSR count). The molecule has 2 aromatic rings. The van der Waals surface area contributed by atoms with E-state index >= 15 is 0 Å². The number of nitrogens with one attached hydrogen (secondary N) is 1. The lowest BCUT2D eigenvalue weighted by atomic mass is 9.92. The molecule has 0 saturated carbocycles. The van der Waals surface area contributed by atoms with Crippen LogP contribution in [0.3, 0.4) is 0 Å². The maximum Gasteiger partial charge on any atom is 0.294 e. The molecule has 1 aromatic carbocycles. The van der Waals surface area contributed by atoms with E-state index in [0.717, 1.165) is 23.5 Å². The van der Waals surface area contributed by atoms with Gasteiger partial charge >= 0.3 is 0 Å². The van der Waals surface area contributed by atoms with E-state index in [-0.39, 0.29) is 17.9 Å². The number of carbonyl (C=O) groups excluding carboxylic acids is 2. The summed E-state index contributed by atoms with van der Waals surface area (Å²) in [4.78, 5) is 28.9. The Hall–Kier alpha value is -2.64. The molecule has 1 N–H and O–H groups in total. The summed E-state index contributed by atoms with van der Waals surface area (Å²) in [5, 5.41) is 2.11. The van der Waals surface area contributed by atoms with Crippen LogP contribution in [0.15, 0.2) is 41.0 Å². The number of anilines is 2. The molecular formula is C21H26N4O3. The molecule has 28 heavy (non-hydrogen) atoms. The number of furan rings is 1. The van der Waals surface area contributed by atoms with Crippen molar-refractivity contribution in [3.05, 3.63) is 47.9 Å². The van der Waals surface area contributed by atoms with Crippen molar-refractivity contribution in [2.24, 2.45) is 0 Å². The molecule has 1 saturated heterocycles. The van der Waals surface area contributed by atoms with E-state index in [1.165, 1.54) is 6.26 Å². The predicted octanol–water partition coefficient (Wildman–Crippen LogP) is 2.60. The normalized spacial score (nSPS) is 25.1. The number of benzene rings is 1. The van der Waals surface area contributed by atoms with Gasteiger partial charge in [-0.05, 0) is 43.7 Å². The Bertz CT molecular complexity index is 895. The van der Waals surface area contributed by atoms with Crippen LogP contribution >= 0.6 is 0 Å². The predicted molar refractivity (Wildman–Crippen MR) is 107 cm³/mol. The first-order valence-corrected chi connectivity index (χ1v) is 9.64. The molecule has 1 aromatic heterocycles. The molecule has 2 aliphatic rings. The van der Waals surface area contributed by atoms with Crippen LogP contribution in [0.4, 0.5) is 11.4 Å². The molecule has 2 aliphatic heterocycles. The molecule has 7 heteroatoms. The number of amides is 2. The molecular weight excluding hydrogens is 356 g/mol. The molecule has 3 heterocycles. The van der Waals surface area contributed by atoms with Crippen molar-refractivity contribution in [1.29, 1.82) is 0 Å². The van der Waals surface area contributed by atoms with Crippen LogP contribution in [-0.2, 0) is 4.79 Å². The summed E-state index contributed by atoms with van der Waals surface area (Å²) in [5.41, 5.74) is 6.04. The Kier molecular flexibility index (Phi) is 4.72. The van der Waals surface area contributed by atoms with Crippen LogP contribution < -0.4 is 15.2 Å². The minimum Gasteiger partial charge on any atom is -0.459 e. The van der Waals surface area contributed by atoms with Crippen LogP contribution in [-0.4, -0.2) is 49.0 Å². The molecule has 7 nitrogen and oxygen atoms in total. The average molecular weight is 382 g/mol. The maximum atomic E-state index is 13.1. The van der Waals surface area contributed by atoms with E-state index in [4.69, 9.17) is 4.42 Å². The van der Waals surface area contributed by atoms with Crippen molar-refractivity contribution in [3.63, 3.8) is 0 Å². The van der Waals surface area contributed by atoms with Gasteiger partial charge in [0.15, 0.2) is 5.76 Å². The number of rotatable bonds is 2. The molecule has 0 radical (unpaired) electrons. The molecule has 0 bridgehead atoms. The summed E-state index contributed by atoms with van der Waals surface area (Å²) in [6.07, 6.45) is 1.50. The highest BCUT2D eigenvalue weighted by atomic mass is 16.3. The van der Waals surface area contributed by atoms with Gasteiger partial charge in [-0.3, -0.25) is 15.0 Å². The Morgan fingerprint density at radius 3 is 2.57 bits per heavy atom. The third-order valence-corrected chi connectivity index (χ3v) is 5.94. The highest BCUT2D eigenvalue weighted by molar-refractivity contribution is 6.09. The van der Waals surface area contributed by atoms with E-state index < -0.39 is 0 Å². The highest BCUT2D eigenvalue weighted by Gasteiger charge is 2.36. The van der Waals surface area contributed by atoms with Crippen molar-refractivity contribution >= 4 is 23.2 Å². The van der Waals surface area contributed by atoms with Crippen molar-refractivity contribution in [2.45, 2.75) is 38.8 Å². The van der Waals surface area contributed by atoms with Gasteiger partial charge in [-0.25, -0.2) is 5.01 Å². The number of hydrogen-bond donors (Lipinski definition) is 1.